The van der Waals surface area contributed by atoms with Crippen molar-refractivity contribution in [1.82, 2.24) is 10.6 Å². The fourth-order valence-corrected chi connectivity index (χ4v) is 3.50. The molecule has 1 amide bonds. The predicted octanol–water partition coefficient (Wildman–Crippen LogP) is 4.06. The zero-order valence-corrected chi connectivity index (χ0v) is 14.0. The SMILES string of the molecule is CC(=O)NC1(c2ccccc2Cl)CC(c2ccccc2F)C=CN1. The third kappa shape index (κ3) is 3.15. The molecule has 0 saturated heterocycles. The molecule has 3 nitrogen and oxygen atoms in total. The minimum absolute atomic E-state index is 0.185. The highest BCUT2D eigenvalue weighted by molar-refractivity contribution is 6.31. The highest BCUT2D eigenvalue weighted by Gasteiger charge is 2.38. The van der Waals surface area contributed by atoms with Crippen molar-refractivity contribution in [2.24, 2.45) is 0 Å². The van der Waals surface area contributed by atoms with Crippen LogP contribution in [0.2, 0.25) is 5.02 Å². The van der Waals surface area contributed by atoms with Crippen molar-refractivity contribution in [2.45, 2.75) is 24.9 Å². The minimum Gasteiger partial charge on any atom is -0.365 e. The lowest BCUT2D eigenvalue weighted by Gasteiger charge is -2.41. The minimum atomic E-state index is -0.883. The molecule has 2 N–H and O–H groups in total. The summed E-state index contributed by atoms with van der Waals surface area (Å²) in [6.45, 7) is 1.46. The van der Waals surface area contributed by atoms with Crippen LogP contribution in [0.3, 0.4) is 0 Å². The third-order valence-electron chi connectivity index (χ3n) is 4.21. The Bertz CT molecular complexity index is 792. The van der Waals surface area contributed by atoms with Crippen LogP contribution < -0.4 is 10.6 Å². The Balaban J connectivity index is 2.05. The van der Waals surface area contributed by atoms with Crippen LogP contribution in [0.5, 0.6) is 0 Å². The molecule has 0 aliphatic carbocycles. The molecule has 1 heterocycles. The third-order valence-corrected chi connectivity index (χ3v) is 4.54. The van der Waals surface area contributed by atoms with E-state index in [0.717, 1.165) is 5.56 Å². The second kappa shape index (κ2) is 6.65. The van der Waals surface area contributed by atoms with Gasteiger partial charge in [-0.1, -0.05) is 54.1 Å². The molecule has 0 aromatic heterocycles. The summed E-state index contributed by atoms with van der Waals surface area (Å²) in [5.74, 6) is -0.634. The quantitative estimate of drug-likeness (QED) is 0.881. The second-order valence-corrected chi connectivity index (χ2v) is 6.31. The van der Waals surface area contributed by atoms with E-state index in [9.17, 15) is 9.18 Å². The van der Waals surface area contributed by atoms with Crippen LogP contribution in [-0.2, 0) is 10.5 Å². The highest BCUT2D eigenvalue weighted by atomic mass is 35.5. The van der Waals surface area contributed by atoms with Crippen molar-refractivity contribution in [3.05, 3.63) is 82.8 Å². The average Bonchev–Trinajstić information content (AvgIpc) is 2.55. The van der Waals surface area contributed by atoms with E-state index in [1.54, 1.807) is 24.4 Å². The number of nitrogens with one attached hydrogen (secondary N) is 2. The van der Waals surface area contributed by atoms with Gasteiger partial charge < -0.3 is 10.6 Å². The van der Waals surface area contributed by atoms with E-state index >= 15 is 0 Å². The summed E-state index contributed by atoms with van der Waals surface area (Å²) in [6, 6.07) is 14.0. The van der Waals surface area contributed by atoms with Gasteiger partial charge in [-0.2, -0.15) is 0 Å². The Morgan fingerprint density at radius 1 is 1.25 bits per heavy atom. The van der Waals surface area contributed by atoms with Gasteiger partial charge >= 0.3 is 0 Å². The second-order valence-electron chi connectivity index (χ2n) is 5.90. The van der Waals surface area contributed by atoms with E-state index in [2.05, 4.69) is 10.6 Å². The van der Waals surface area contributed by atoms with Crippen LogP contribution >= 0.6 is 11.6 Å². The molecule has 0 saturated carbocycles. The summed E-state index contributed by atoms with van der Waals surface area (Å²) in [4.78, 5) is 11.8. The lowest BCUT2D eigenvalue weighted by molar-refractivity contribution is -0.121. The first-order chi connectivity index (χ1) is 11.5. The molecule has 124 valence electrons. The molecule has 2 unspecified atom stereocenters. The molecule has 0 bridgehead atoms. The maximum absolute atomic E-state index is 14.2. The van der Waals surface area contributed by atoms with Crippen LogP contribution in [0.4, 0.5) is 4.39 Å². The van der Waals surface area contributed by atoms with Crippen molar-refractivity contribution in [3.63, 3.8) is 0 Å². The lowest BCUT2D eigenvalue weighted by Crippen LogP contribution is -2.56. The van der Waals surface area contributed by atoms with Gasteiger partial charge in [0.1, 0.15) is 11.5 Å². The molecule has 0 spiro atoms. The van der Waals surface area contributed by atoms with Crippen molar-refractivity contribution < 1.29 is 9.18 Å². The number of hydrogen-bond acceptors (Lipinski definition) is 2. The van der Waals surface area contributed by atoms with Crippen LogP contribution in [0, 0.1) is 5.82 Å². The highest BCUT2D eigenvalue weighted by Crippen LogP contribution is 2.38. The van der Waals surface area contributed by atoms with Crippen LogP contribution in [0.15, 0.2) is 60.8 Å². The van der Waals surface area contributed by atoms with Crippen LogP contribution in [0.1, 0.15) is 30.4 Å². The van der Waals surface area contributed by atoms with Crippen LogP contribution in [0.25, 0.3) is 0 Å². The predicted molar refractivity (Wildman–Crippen MR) is 93.0 cm³/mol. The number of carbonyl (C=O) groups excluding carboxylic acids is 1. The summed E-state index contributed by atoms with van der Waals surface area (Å²) in [7, 11) is 0. The number of benzene rings is 2. The van der Waals surface area contributed by atoms with Gasteiger partial charge in [0.05, 0.1) is 0 Å². The van der Waals surface area contributed by atoms with E-state index < -0.39 is 5.66 Å². The maximum Gasteiger partial charge on any atom is 0.218 e. The standard InChI is InChI=1S/C19H18ClFN2O/c1-13(24)23-19(16-7-3-4-8-17(16)20)12-14(10-11-22-19)15-6-2-5-9-18(15)21/h2-11,14,22H,12H2,1H3,(H,23,24). The number of rotatable bonds is 3. The van der Waals surface area contributed by atoms with Crippen molar-refractivity contribution in [2.75, 3.05) is 0 Å². The van der Waals surface area contributed by atoms with Crippen LogP contribution in [-0.4, -0.2) is 5.91 Å². The molecular weight excluding hydrogens is 327 g/mol. The largest absolute Gasteiger partial charge is 0.365 e. The molecule has 0 fully saturated rings. The first-order valence-electron chi connectivity index (χ1n) is 7.74. The lowest BCUT2D eigenvalue weighted by atomic mass is 9.82. The van der Waals surface area contributed by atoms with E-state index in [0.29, 0.717) is 17.0 Å². The Morgan fingerprint density at radius 3 is 2.67 bits per heavy atom. The van der Waals surface area contributed by atoms with E-state index in [1.807, 2.05) is 30.3 Å². The van der Waals surface area contributed by atoms with Gasteiger partial charge in [-0.3, -0.25) is 4.79 Å². The first-order valence-corrected chi connectivity index (χ1v) is 8.12. The average molecular weight is 345 g/mol. The number of carbonyl (C=O) groups is 1. The smallest absolute Gasteiger partial charge is 0.218 e. The zero-order chi connectivity index (χ0) is 17.2. The van der Waals surface area contributed by atoms with Gasteiger partial charge in [-0.05, 0) is 23.9 Å². The Labute approximate surface area is 145 Å². The van der Waals surface area contributed by atoms with Gasteiger partial charge in [-0.25, -0.2) is 4.39 Å². The number of halogens is 2. The Kier molecular flexibility index (Phi) is 4.58. The Hall–Kier alpha value is -2.33. The molecule has 5 heteroatoms. The number of hydrogen-bond donors (Lipinski definition) is 2. The molecule has 2 aromatic rings. The topological polar surface area (TPSA) is 41.1 Å². The summed E-state index contributed by atoms with van der Waals surface area (Å²) < 4.78 is 14.2. The van der Waals surface area contributed by atoms with Crippen molar-refractivity contribution in [1.29, 1.82) is 0 Å². The molecule has 2 aromatic carbocycles. The van der Waals surface area contributed by atoms with E-state index in [4.69, 9.17) is 11.6 Å². The van der Waals surface area contributed by atoms with Gasteiger partial charge in [0, 0.05) is 29.8 Å². The monoisotopic (exact) mass is 344 g/mol. The molecule has 3 rings (SSSR count). The van der Waals surface area contributed by atoms with E-state index in [-0.39, 0.29) is 17.6 Å². The summed E-state index contributed by atoms with van der Waals surface area (Å²) in [6.07, 6.45) is 4.10. The van der Waals surface area contributed by atoms with Gasteiger partial charge in [0.25, 0.3) is 0 Å². The van der Waals surface area contributed by atoms with Gasteiger partial charge in [0.15, 0.2) is 0 Å². The summed E-state index contributed by atoms with van der Waals surface area (Å²) >= 11 is 6.37. The Morgan fingerprint density at radius 2 is 1.96 bits per heavy atom. The van der Waals surface area contributed by atoms with Crippen molar-refractivity contribution >= 4 is 17.5 Å². The zero-order valence-electron chi connectivity index (χ0n) is 13.2. The number of allylic oxidation sites excluding steroid dienone is 1. The fraction of sp³-hybridized carbons (Fsp3) is 0.211. The molecule has 2 atom stereocenters. The first kappa shape index (κ1) is 16.5. The molecule has 24 heavy (non-hydrogen) atoms. The van der Waals surface area contributed by atoms with Gasteiger partial charge in [0.2, 0.25) is 5.91 Å². The summed E-state index contributed by atoms with van der Waals surface area (Å²) in [5.41, 5.74) is 0.468. The normalized spacial score (nSPS) is 22.7. The molecule has 1 aliphatic rings. The number of amides is 1. The van der Waals surface area contributed by atoms with E-state index in [1.165, 1.54) is 13.0 Å². The van der Waals surface area contributed by atoms with Gasteiger partial charge in [-0.15, -0.1) is 0 Å². The molecule has 1 aliphatic heterocycles. The maximum atomic E-state index is 14.2. The fourth-order valence-electron chi connectivity index (χ4n) is 3.20. The van der Waals surface area contributed by atoms with Crippen molar-refractivity contribution in [3.8, 4) is 0 Å². The molecule has 0 radical (unpaired) electrons. The summed E-state index contributed by atoms with van der Waals surface area (Å²) in [5, 5.41) is 6.73. The molecular formula is C19H18ClFN2O.